The maximum absolute atomic E-state index is 12.2. The summed E-state index contributed by atoms with van der Waals surface area (Å²) < 4.78 is 6.95. The summed E-state index contributed by atoms with van der Waals surface area (Å²) >= 11 is 1.24. The van der Waals surface area contributed by atoms with Crippen LogP contribution >= 0.6 is 11.8 Å². The van der Waals surface area contributed by atoms with Gasteiger partial charge >= 0.3 is 6.03 Å². The largest absolute Gasteiger partial charge is 0.497 e. The smallest absolute Gasteiger partial charge is 0.318 e. The van der Waals surface area contributed by atoms with Gasteiger partial charge in [-0.05, 0) is 30.2 Å². The van der Waals surface area contributed by atoms with Crippen LogP contribution in [0, 0.1) is 5.92 Å². The van der Waals surface area contributed by atoms with Crippen LogP contribution in [0.4, 0.5) is 4.79 Å². The molecule has 0 unspecified atom stereocenters. The number of nitrogens with two attached hydrogens (primary N) is 1. The lowest BCUT2D eigenvalue weighted by Crippen LogP contribution is -2.42. The van der Waals surface area contributed by atoms with Crippen molar-refractivity contribution < 1.29 is 14.3 Å². The third-order valence-corrected chi connectivity index (χ3v) is 5.10. The molecule has 2 rings (SSSR count). The average molecular weight is 363 g/mol. The molecule has 8 nitrogen and oxygen atoms in total. The first-order chi connectivity index (χ1) is 11.8. The van der Waals surface area contributed by atoms with Crippen molar-refractivity contribution in [3.8, 4) is 17.1 Å². The van der Waals surface area contributed by atoms with Crippen molar-refractivity contribution in [1.29, 1.82) is 0 Å². The number of ether oxygens (including phenoxy) is 1. The van der Waals surface area contributed by atoms with E-state index in [4.69, 9.17) is 10.5 Å². The summed E-state index contributed by atoms with van der Waals surface area (Å²) in [6, 6.07) is 6.59. The van der Waals surface area contributed by atoms with E-state index in [-0.39, 0.29) is 5.92 Å². The van der Waals surface area contributed by atoms with E-state index >= 15 is 0 Å². The number of rotatable bonds is 6. The van der Waals surface area contributed by atoms with E-state index in [1.165, 1.54) is 11.8 Å². The molecular weight excluding hydrogens is 342 g/mol. The molecule has 1 aromatic heterocycles. The quantitative estimate of drug-likeness (QED) is 0.757. The Balaban J connectivity index is 2.23. The number of amides is 3. The van der Waals surface area contributed by atoms with Gasteiger partial charge < -0.3 is 15.0 Å². The monoisotopic (exact) mass is 363 g/mol. The summed E-state index contributed by atoms with van der Waals surface area (Å²) in [4.78, 5) is 23.1. The van der Waals surface area contributed by atoms with Crippen LogP contribution < -0.4 is 15.8 Å². The van der Waals surface area contributed by atoms with E-state index in [0.717, 1.165) is 11.3 Å². The van der Waals surface area contributed by atoms with Gasteiger partial charge in [0, 0.05) is 12.6 Å². The summed E-state index contributed by atoms with van der Waals surface area (Å²) in [6.07, 6.45) is 0. The molecule has 0 aliphatic rings. The van der Waals surface area contributed by atoms with Crippen molar-refractivity contribution in [3.05, 3.63) is 24.3 Å². The Hall–Kier alpha value is -2.55. The molecule has 1 heterocycles. The fourth-order valence-electron chi connectivity index (χ4n) is 2.21. The van der Waals surface area contributed by atoms with Crippen molar-refractivity contribution >= 4 is 23.7 Å². The number of imide groups is 1. The van der Waals surface area contributed by atoms with Crippen LogP contribution in [-0.4, -0.2) is 39.1 Å². The molecule has 0 spiro atoms. The number of benzene rings is 1. The Morgan fingerprint density at radius 2 is 1.88 bits per heavy atom. The molecule has 0 aliphatic carbocycles. The number of aromatic nitrogens is 3. The third-order valence-electron chi connectivity index (χ3n) is 3.53. The number of carbonyl (C=O) groups excluding carboxylic acids is 2. The van der Waals surface area contributed by atoms with Crippen LogP contribution in [0.15, 0.2) is 29.4 Å². The molecule has 1 atom stereocenters. The predicted molar refractivity (Wildman–Crippen MR) is 95.2 cm³/mol. The van der Waals surface area contributed by atoms with Crippen LogP contribution in [0.25, 0.3) is 11.4 Å². The van der Waals surface area contributed by atoms with Crippen molar-refractivity contribution in [1.82, 2.24) is 20.1 Å². The van der Waals surface area contributed by atoms with E-state index < -0.39 is 17.2 Å². The number of hydrogen-bond donors (Lipinski definition) is 2. The van der Waals surface area contributed by atoms with Crippen molar-refractivity contribution in [2.45, 2.75) is 24.3 Å². The summed E-state index contributed by atoms with van der Waals surface area (Å²) in [6.45, 7) is 3.78. The van der Waals surface area contributed by atoms with Gasteiger partial charge in [-0.15, -0.1) is 10.2 Å². The molecule has 3 N–H and O–H groups in total. The molecule has 9 heteroatoms. The highest BCUT2D eigenvalue weighted by Crippen LogP contribution is 2.29. The Kier molecular flexibility index (Phi) is 6.02. The first-order valence-electron chi connectivity index (χ1n) is 7.64. The standard InChI is InChI=1S/C16H21N5O3S/c1-9(2)12(14(22)18-15(17)23)25-16-20-19-13(21(16)3)10-5-7-11(24-4)8-6-10/h5-9,12H,1-4H3,(H3,17,18,22,23)/t12-/m1/s1. The van der Waals surface area contributed by atoms with Crippen molar-refractivity contribution in [2.75, 3.05) is 7.11 Å². The number of nitrogens with zero attached hydrogens (tertiary/aromatic N) is 3. The molecule has 0 saturated carbocycles. The van der Waals surface area contributed by atoms with E-state index in [2.05, 4.69) is 15.5 Å². The second kappa shape index (κ2) is 8.02. The van der Waals surface area contributed by atoms with Gasteiger partial charge in [-0.2, -0.15) is 0 Å². The number of urea groups is 1. The first-order valence-corrected chi connectivity index (χ1v) is 8.52. The summed E-state index contributed by atoms with van der Waals surface area (Å²) in [5, 5.41) is 10.6. The Morgan fingerprint density at radius 1 is 1.24 bits per heavy atom. The zero-order chi connectivity index (χ0) is 18.6. The topological polar surface area (TPSA) is 112 Å². The van der Waals surface area contributed by atoms with Gasteiger partial charge in [0.2, 0.25) is 5.91 Å². The van der Waals surface area contributed by atoms with Gasteiger partial charge in [0.05, 0.1) is 12.4 Å². The fourth-order valence-corrected chi connectivity index (χ4v) is 3.21. The van der Waals surface area contributed by atoms with Crippen LogP contribution in [0.5, 0.6) is 5.75 Å². The van der Waals surface area contributed by atoms with Gasteiger partial charge in [0.15, 0.2) is 11.0 Å². The third kappa shape index (κ3) is 4.50. The van der Waals surface area contributed by atoms with E-state index in [1.54, 1.807) is 11.7 Å². The van der Waals surface area contributed by atoms with Gasteiger partial charge in [0.25, 0.3) is 0 Å². The second-order valence-corrected chi connectivity index (χ2v) is 6.84. The average Bonchev–Trinajstić information content (AvgIpc) is 2.92. The maximum atomic E-state index is 12.2. The molecule has 134 valence electrons. The lowest BCUT2D eigenvalue weighted by Gasteiger charge is -2.18. The van der Waals surface area contributed by atoms with E-state index in [9.17, 15) is 9.59 Å². The summed E-state index contributed by atoms with van der Waals surface area (Å²) in [5.74, 6) is 0.957. The van der Waals surface area contributed by atoms with Gasteiger partial charge in [-0.3, -0.25) is 10.1 Å². The zero-order valence-corrected chi connectivity index (χ0v) is 15.3. The molecule has 25 heavy (non-hydrogen) atoms. The minimum atomic E-state index is -0.867. The van der Waals surface area contributed by atoms with Gasteiger partial charge in [0.1, 0.15) is 5.75 Å². The molecule has 2 aromatic rings. The lowest BCUT2D eigenvalue weighted by molar-refractivity contribution is -0.120. The molecule has 0 fully saturated rings. The summed E-state index contributed by atoms with van der Waals surface area (Å²) in [7, 11) is 3.43. The highest BCUT2D eigenvalue weighted by atomic mass is 32.2. The minimum absolute atomic E-state index is 0.0227. The van der Waals surface area contributed by atoms with E-state index in [0.29, 0.717) is 11.0 Å². The fraction of sp³-hybridized carbons (Fsp3) is 0.375. The number of carbonyl (C=O) groups is 2. The van der Waals surface area contributed by atoms with Crippen LogP contribution in [-0.2, 0) is 11.8 Å². The molecular formula is C16H21N5O3S. The number of methoxy groups -OCH3 is 1. The second-order valence-electron chi connectivity index (χ2n) is 5.73. The van der Waals surface area contributed by atoms with Crippen LogP contribution in [0.2, 0.25) is 0 Å². The molecule has 0 saturated heterocycles. The Morgan fingerprint density at radius 3 is 2.40 bits per heavy atom. The molecule has 0 radical (unpaired) electrons. The van der Waals surface area contributed by atoms with Crippen LogP contribution in [0.3, 0.4) is 0 Å². The molecule has 3 amide bonds. The predicted octanol–water partition coefficient (Wildman–Crippen LogP) is 1.80. The number of nitrogens with one attached hydrogen (secondary N) is 1. The number of thioether (sulfide) groups is 1. The molecule has 1 aromatic carbocycles. The number of primary amides is 1. The minimum Gasteiger partial charge on any atom is -0.497 e. The highest BCUT2D eigenvalue weighted by molar-refractivity contribution is 8.00. The zero-order valence-electron chi connectivity index (χ0n) is 14.5. The summed E-state index contributed by atoms with van der Waals surface area (Å²) in [5.41, 5.74) is 5.91. The molecule has 0 bridgehead atoms. The van der Waals surface area contributed by atoms with Gasteiger partial charge in [-0.25, -0.2) is 4.79 Å². The SMILES string of the molecule is COc1ccc(-c2nnc(S[C@@H](C(=O)NC(N)=O)C(C)C)n2C)cc1. The first kappa shape index (κ1) is 18.8. The highest BCUT2D eigenvalue weighted by Gasteiger charge is 2.27. The maximum Gasteiger partial charge on any atom is 0.318 e. The van der Waals surface area contributed by atoms with Crippen molar-refractivity contribution in [3.63, 3.8) is 0 Å². The lowest BCUT2D eigenvalue weighted by atomic mass is 10.1. The molecule has 0 aliphatic heterocycles. The van der Waals surface area contributed by atoms with E-state index in [1.807, 2.05) is 45.2 Å². The van der Waals surface area contributed by atoms with Crippen LogP contribution in [0.1, 0.15) is 13.8 Å². The Labute approximate surface area is 150 Å². The van der Waals surface area contributed by atoms with Gasteiger partial charge in [-0.1, -0.05) is 25.6 Å². The number of hydrogen-bond acceptors (Lipinski definition) is 6. The normalized spacial score (nSPS) is 12.0. The van der Waals surface area contributed by atoms with Crippen molar-refractivity contribution in [2.24, 2.45) is 18.7 Å². The Bertz CT molecular complexity index is 758.